The molecule has 1 amide bonds. The van der Waals surface area contributed by atoms with E-state index in [0.717, 1.165) is 10.8 Å². The van der Waals surface area contributed by atoms with Gasteiger partial charge in [0.15, 0.2) is 5.78 Å². The predicted molar refractivity (Wildman–Crippen MR) is 88.3 cm³/mol. The molecule has 0 atom stereocenters. The molecule has 1 N–H and O–H groups in total. The number of para-hydroxylation sites is 1. The van der Waals surface area contributed by atoms with Crippen molar-refractivity contribution in [2.45, 2.75) is 6.92 Å². The summed E-state index contributed by atoms with van der Waals surface area (Å²) in [4.78, 5) is 24.0. The minimum Gasteiger partial charge on any atom is -0.321 e. The van der Waals surface area contributed by atoms with Gasteiger partial charge in [0, 0.05) is 11.1 Å². The second kappa shape index (κ2) is 5.82. The fraction of sp³-hybridized carbons (Fsp3) is 0.0526. The molecule has 0 spiro atoms. The minimum atomic E-state index is -0.223. The Morgan fingerprint density at radius 1 is 0.818 bits per heavy atom. The maximum Gasteiger partial charge on any atom is 0.255 e. The number of anilines is 1. The van der Waals surface area contributed by atoms with Crippen molar-refractivity contribution in [2.24, 2.45) is 0 Å². The van der Waals surface area contributed by atoms with Gasteiger partial charge in [-0.3, -0.25) is 9.59 Å². The van der Waals surface area contributed by atoms with Crippen LogP contribution < -0.4 is 5.32 Å². The lowest BCUT2D eigenvalue weighted by molar-refractivity contribution is 0.101. The van der Waals surface area contributed by atoms with E-state index in [1.165, 1.54) is 6.92 Å². The highest BCUT2D eigenvalue weighted by molar-refractivity contribution is 6.10. The Hall–Kier alpha value is -2.94. The number of benzene rings is 3. The number of hydrogen-bond donors (Lipinski definition) is 1. The zero-order valence-corrected chi connectivity index (χ0v) is 12.2. The highest BCUT2D eigenvalue weighted by Gasteiger charge is 2.11. The van der Waals surface area contributed by atoms with Crippen LogP contribution in [0.15, 0.2) is 66.7 Å². The third-order valence-electron chi connectivity index (χ3n) is 3.57. The summed E-state index contributed by atoms with van der Waals surface area (Å²) in [5, 5.41) is 4.91. The molecule has 0 saturated carbocycles. The molecule has 0 unspecified atom stereocenters. The van der Waals surface area contributed by atoms with Crippen molar-refractivity contribution < 1.29 is 9.59 Å². The lowest BCUT2D eigenvalue weighted by Crippen LogP contribution is -2.14. The number of rotatable bonds is 3. The number of amides is 1. The molecule has 0 heterocycles. The van der Waals surface area contributed by atoms with Gasteiger partial charge in [-0.15, -0.1) is 0 Å². The Labute approximate surface area is 128 Å². The first-order valence-corrected chi connectivity index (χ1v) is 7.05. The van der Waals surface area contributed by atoms with E-state index in [2.05, 4.69) is 5.32 Å². The number of Topliss-reactive ketones (excluding diaryl/α,β-unsaturated/α-hetero) is 1. The Bertz CT molecular complexity index is 868. The highest BCUT2D eigenvalue weighted by atomic mass is 16.1. The van der Waals surface area contributed by atoms with Crippen LogP contribution in [0.25, 0.3) is 10.8 Å². The van der Waals surface area contributed by atoms with Crippen molar-refractivity contribution >= 4 is 28.2 Å². The number of hydrogen-bond acceptors (Lipinski definition) is 2. The number of fused-ring (bicyclic) bond motifs is 1. The summed E-state index contributed by atoms with van der Waals surface area (Å²) < 4.78 is 0. The predicted octanol–water partition coefficient (Wildman–Crippen LogP) is 4.29. The fourth-order valence-electron chi connectivity index (χ4n) is 2.42. The molecular formula is C19H15NO2. The Morgan fingerprint density at radius 2 is 1.50 bits per heavy atom. The van der Waals surface area contributed by atoms with E-state index in [4.69, 9.17) is 0 Å². The van der Waals surface area contributed by atoms with E-state index in [1.807, 2.05) is 36.4 Å². The first-order valence-electron chi connectivity index (χ1n) is 7.05. The van der Waals surface area contributed by atoms with Crippen LogP contribution in [0.4, 0.5) is 5.69 Å². The van der Waals surface area contributed by atoms with Gasteiger partial charge in [0.2, 0.25) is 0 Å². The molecule has 0 bridgehead atoms. The van der Waals surface area contributed by atoms with Crippen LogP contribution in [0.1, 0.15) is 27.6 Å². The van der Waals surface area contributed by atoms with Crippen molar-refractivity contribution in [1.29, 1.82) is 0 Å². The van der Waals surface area contributed by atoms with Crippen LogP contribution in [0.3, 0.4) is 0 Å². The van der Waals surface area contributed by atoms with Crippen molar-refractivity contribution in [3.05, 3.63) is 77.9 Å². The average Bonchev–Trinajstić information content (AvgIpc) is 2.54. The third kappa shape index (κ3) is 2.74. The standard InChI is InChI=1S/C19H15NO2/c1-13(21)17-8-4-5-9-18(17)20-19(22)16-11-10-14-6-2-3-7-15(14)12-16/h2-12H,1H3,(H,20,22). The van der Waals surface area contributed by atoms with Gasteiger partial charge in [0.1, 0.15) is 0 Å². The van der Waals surface area contributed by atoms with Gasteiger partial charge in [-0.25, -0.2) is 0 Å². The maximum atomic E-state index is 12.4. The quantitative estimate of drug-likeness (QED) is 0.731. The summed E-state index contributed by atoms with van der Waals surface area (Å²) in [5.41, 5.74) is 1.61. The van der Waals surface area contributed by atoms with E-state index in [1.54, 1.807) is 30.3 Å². The number of carbonyl (C=O) groups excluding carboxylic acids is 2. The first kappa shape index (κ1) is 14.0. The van der Waals surface area contributed by atoms with Crippen LogP contribution in [0.5, 0.6) is 0 Å². The largest absolute Gasteiger partial charge is 0.321 e. The Morgan fingerprint density at radius 3 is 2.27 bits per heavy atom. The van der Waals surface area contributed by atoms with E-state index in [9.17, 15) is 9.59 Å². The molecule has 0 aliphatic carbocycles. The number of ketones is 1. The second-order valence-electron chi connectivity index (χ2n) is 5.12. The molecular weight excluding hydrogens is 274 g/mol. The van der Waals surface area contributed by atoms with Gasteiger partial charge in [0.05, 0.1) is 5.69 Å². The van der Waals surface area contributed by atoms with Gasteiger partial charge < -0.3 is 5.32 Å². The minimum absolute atomic E-state index is 0.0746. The van der Waals surface area contributed by atoms with E-state index in [0.29, 0.717) is 16.8 Å². The smallest absolute Gasteiger partial charge is 0.255 e. The van der Waals surface area contributed by atoms with Crippen molar-refractivity contribution in [3.8, 4) is 0 Å². The topological polar surface area (TPSA) is 46.2 Å². The molecule has 0 fully saturated rings. The summed E-state index contributed by atoms with van der Waals surface area (Å²) in [7, 11) is 0. The summed E-state index contributed by atoms with van der Waals surface area (Å²) in [6.45, 7) is 1.49. The van der Waals surface area contributed by atoms with Crippen LogP contribution in [0, 0.1) is 0 Å². The van der Waals surface area contributed by atoms with Crippen LogP contribution >= 0.6 is 0 Å². The summed E-state index contributed by atoms with van der Waals surface area (Å²) in [5.74, 6) is -0.297. The molecule has 0 aliphatic heterocycles. The maximum absolute atomic E-state index is 12.4. The molecule has 22 heavy (non-hydrogen) atoms. The molecule has 0 aliphatic rings. The molecule has 3 nitrogen and oxygen atoms in total. The summed E-state index contributed by atoms with van der Waals surface area (Å²) in [6, 6.07) is 20.4. The molecule has 108 valence electrons. The first-order chi connectivity index (χ1) is 10.6. The average molecular weight is 289 g/mol. The zero-order valence-electron chi connectivity index (χ0n) is 12.2. The highest BCUT2D eigenvalue weighted by Crippen LogP contribution is 2.19. The number of nitrogens with one attached hydrogen (secondary N) is 1. The van der Waals surface area contributed by atoms with Crippen molar-refractivity contribution in [3.63, 3.8) is 0 Å². The molecule has 3 heteroatoms. The Kier molecular flexibility index (Phi) is 3.71. The normalized spacial score (nSPS) is 10.4. The van der Waals surface area contributed by atoms with Gasteiger partial charge >= 0.3 is 0 Å². The van der Waals surface area contributed by atoms with Crippen molar-refractivity contribution in [2.75, 3.05) is 5.32 Å². The zero-order chi connectivity index (χ0) is 15.5. The van der Waals surface area contributed by atoms with Crippen LogP contribution in [0.2, 0.25) is 0 Å². The molecule has 0 saturated heterocycles. The molecule has 0 radical (unpaired) electrons. The van der Waals surface area contributed by atoms with Gasteiger partial charge in [-0.1, -0.05) is 42.5 Å². The monoisotopic (exact) mass is 289 g/mol. The van der Waals surface area contributed by atoms with E-state index in [-0.39, 0.29) is 11.7 Å². The van der Waals surface area contributed by atoms with Crippen LogP contribution in [-0.2, 0) is 0 Å². The van der Waals surface area contributed by atoms with E-state index < -0.39 is 0 Å². The Balaban J connectivity index is 1.92. The fourth-order valence-corrected chi connectivity index (χ4v) is 2.42. The summed E-state index contributed by atoms with van der Waals surface area (Å²) >= 11 is 0. The van der Waals surface area contributed by atoms with E-state index >= 15 is 0 Å². The lowest BCUT2D eigenvalue weighted by Gasteiger charge is -2.09. The van der Waals surface area contributed by atoms with Crippen LogP contribution in [-0.4, -0.2) is 11.7 Å². The van der Waals surface area contributed by atoms with Crippen molar-refractivity contribution in [1.82, 2.24) is 0 Å². The molecule has 3 aromatic carbocycles. The molecule has 3 rings (SSSR count). The second-order valence-corrected chi connectivity index (χ2v) is 5.12. The number of carbonyl (C=O) groups is 2. The molecule has 3 aromatic rings. The SMILES string of the molecule is CC(=O)c1ccccc1NC(=O)c1ccc2ccccc2c1. The lowest BCUT2D eigenvalue weighted by atomic mass is 10.1. The third-order valence-corrected chi connectivity index (χ3v) is 3.57. The molecule has 0 aromatic heterocycles. The van der Waals surface area contributed by atoms with Gasteiger partial charge in [-0.05, 0) is 42.0 Å². The van der Waals surface area contributed by atoms with Gasteiger partial charge in [0.25, 0.3) is 5.91 Å². The van der Waals surface area contributed by atoms with Gasteiger partial charge in [-0.2, -0.15) is 0 Å². The summed E-state index contributed by atoms with van der Waals surface area (Å²) in [6.07, 6.45) is 0.